The fraction of sp³-hybridized carbons (Fsp3) is 0.385. The molecule has 0 amide bonds. The molecule has 1 aromatic carbocycles. The fourth-order valence-electron chi connectivity index (χ4n) is 1.90. The average Bonchev–Trinajstić information content (AvgIpc) is 2.89. The van der Waals surface area contributed by atoms with Gasteiger partial charge in [0.15, 0.2) is 0 Å². The number of nitrogens with one attached hydrogen (secondary N) is 1. The molecule has 0 saturated carbocycles. The maximum absolute atomic E-state index is 12.9. The number of hydrogen-bond donors (Lipinski definition) is 1. The van der Waals surface area contributed by atoms with Crippen molar-refractivity contribution in [3.63, 3.8) is 0 Å². The van der Waals surface area contributed by atoms with Crippen LogP contribution in [0.25, 0.3) is 0 Å². The SMILES string of the molecule is CCC(NCCn1ccnn1)c1ccc(F)cc1. The van der Waals surface area contributed by atoms with E-state index in [-0.39, 0.29) is 11.9 Å². The van der Waals surface area contributed by atoms with Crippen LogP contribution in [0.5, 0.6) is 0 Å². The van der Waals surface area contributed by atoms with Crippen molar-refractivity contribution >= 4 is 0 Å². The molecule has 0 bridgehead atoms. The third-order valence-corrected chi connectivity index (χ3v) is 2.88. The van der Waals surface area contributed by atoms with E-state index >= 15 is 0 Å². The first kappa shape index (κ1) is 12.7. The standard InChI is InChI=1S/C13H17FN4/c1-2-13(11-3-5-12(14)6-4-11)15-7-9-18-10-8-16-17-18/h3-6,8,10,13,15H,2,7,9H2,1H3. The zero-order valence-corrected chi connectivity index (χ0v) is 10.4. The van der Waals surface area contributed by atoms with Crippen molar-refractivity contribution in [3.05, 3.63) is 48.0 Å². The van der Waals surface area contributed by atoms with Crippen molar-refractivity contribution in [3.8, 4) is 0 Å². The van der Waals surface area contributed by atoms with Crippen LogP contribution < -0.4 is 5.32 Å². The largest absolute Gasteiger partial charge is 0.308 e. The maximum atomic E-state index is 12.9. The molecule has 5 heteroatoms. The van der Waals surface area contributed by atoms with E-state index in [4.69, 9.17) is 0 Å². The van der Waals surface area contributed by atoms with Crippen molar-refractivity contribution in [2.45, 2.75) is 25.9 Å². The third-order valence-electron chi connectivity index (χ3n) is 2.88. The molecule has 0 spiro atoms. The molecular formula is C13H17FN4. The normalized spacial score (nSPS) is 12.6. The van der Waals surface area contributed by atoms with Gasteiger partial charge in [0.25, 0.3) is 0 Å². The lowest BCUT2D eigenvalue weighted by Crippen LogP contribution is -2.25. The first-order chi connectivity index (χ1) is 8.79. The van der Waals surface area contributed by atoms with Crippen LogP contribution in [-0.4, -0.2) is 21.5 Å². The second kappa shape index (κ2) is 6.26. The number of hydrogen-bond acceptors (Lipinski definition) is 3. The first-order valence-electron chi connectivity index (χ1n) is 6.12. The molecule has 1 heterocycles. The van der Waals surface area contributed by atoms with Crippen LogP contribution in [0.4, 0.5) is 4.39 Å². The van der Waals surface area contributed by atoms with Gasteiger partial charge in [0.1, 0.15) is 5.82 Å². The van der Waals surface area contributed by atoms with Gasteiger partial charge in [0.05, 0.1) is 12.7 Å². The summed E-state index contributed by atoms with van der Waals surface area (Å²) in [6.45, 7) is 3.69. The van der Waals surface area contributed by atoms with E-state index in [9.17, 15) is 4.39 Å². The molecule has 1 aromatic heterocycles. The van der Waals surface area contributed by atoms with Crippen LogP contribution in [0.3, 0.4) is 0 Å². The smallest absolute Gasteiger partial charge is 0.123 e. The third kappa shape index (κ3) is 3.37. The summed E-state index contributed by atoms with van der Waals surface area (Å²) in [5.41, 5.74) is 1.11. The lowest BCUT2D eigenvalue weighted by molar-refractivity contribution is 0.471. The van der Waals surface area contributed by atoms with Gasteiger partial charge >= 0.3 is 0 Å². The molecule has 18 heavy (non-hydrogen) atoms. The molecule has 96 valence electrons. The van der Waals surface area contributed by atoms with Crippen LogP contribution >= 0.6 is 0 Å². The summed E-state index contributed by atoms with van der Waals surface area (Å²) in [5.74, 6) is -0.198. The van der Waals surface area contributed by atoms with E-state index in [1.807, 2.05) is 18.3 Å². The number of halogens is 1. The summed E-state index contributed by atoms with van der Waals surface area (Å²) in [6.07, 6.45) is 4.46. The summed E-state index contributed by atoms with van der Waals surface area (Å²) in [4.78, 5) is 0. The number of benzene rings is 1. The Kier molecular flexibility index (Phi) is 4.41. The molecule has 1 N–H and O–H groups in total. The highest BCUT2D eigenvalue weighted by molar-refractivity contribution is 5.19. The van der Waals surface area contributed by atoms with E-state index in [1.165, 1.54) is 12.1 Å². The fourth-order valence-corrected chi connectivity index (χ4v) is 1.90. The molecule has 2 rings (SSSR count). The Balaban J connectivity index is 1.87. The average molecular weight is 248 g/mol. The molecule has 0 aliphatic rings. The van der Waals surface area contributed by atoms with E-state index in [2.05, 4.69) is 22.6 Å². The molecular weight excluding hydrogens is 231 g/mol. The summed E-state index contributed by atoms with van der Waals surface area (Å²) in [6, 6.07) is 6.89. The minimum Gasteiger partial charge on any atom is -0.308 e. The van der Waals surface area contributed by atoms with E-state index in [0.29, 0.717) is 0 Å². The molecule has 1 atom stereocenters. The predicted octanol–water partition coefficient (Wildman–Crippen LogP) is 2.16. The monoisotopic (exact) mass is 248 g/mol. The molecule has 1 unspecified atom stereocenters. The Bertz CT molecular complexity index is 452. The van der Waals surface area contributed by atoms with Crippen LogP contribution in [0.1, 0.15) is 24.9 Å². The highest BCUT2D eigenvalue weighted by Crippen LogP contribution is 2.16. The van der Waals surface area contributed by atoms with Crippen LogP contribution in [0.15, 0.2) is 36.7 Å². The quantitative estimate of drug-likeness (QED) is 0.851. The summed E-state index contributed by atoms with van der Waals surface area (Å²) in [5, 5.41) is 11.1. The minimum absolute atomic E-state index is 0.198. The number of nitrogens with zero attached hydrogens (tertiary/aromatic N) is 3. The van der Waals surface area contributed by atoms with Gasteiger partial charge in [-0.2, -0.15) is 0 Å². The van der Waals surface area contributed by atoms with Crippen molar-refractivity contribution in [1.82, 2.24) is 20.3 Å². The summed E-state index contributed by atoms with van der Waals surface area (Å²) < 4.78 is 14.6. The van der Waals surface area contributed by atoms with Crippen molar-refractivity contribution in [2.24, 2.45) is 0 Å². The van der Waals surface area contributed by atoms with Gasteiger partial charge in [-0.25, -0.2) is 4.39 Å². The van der Waals surface area contributed by atoms with Gasteiger partial charge in [-0.05, 0) is 24.1 Å². The Morgan fingerprint density at radius 2 is 2.11 bits per heavy atom. The summed E-state index contributed by atoms with van der Waals surface area (Å²) in [7, 11) is 0. The predicted molar refractivity (Wildman–Crippen MR) is 67.5 cm³/mol. The maximum Gasteiger partial charge on any atom is 0.123 e. The lowest BCUT2D eigenvalue weighted by atomic mass is 10.0. The second-order valence-corrected chi connectivity index (χ2v) is 4.13. The Morgan fingerprint density at radius 3 is 2.72 bits per heavy atom. The van der Waals surface area contributed by atoms with Gasteiger partial charge in [-0.3, -0.25) is 4.68 Å². The highest BCUT2D eigenvalue weighted by Gasteiger charge is 2.08. The van der Waals surface area contributed by atoms with E-state index in [0.717, 1.165) is 25.1 Å². The van der Waals surface area contributed by atoms with Crippen LogP contribution in [0.2, 0.25) is 0 Å². The van der Waals surface area contributed by atoms with Gasteiger partial charge < -0.3 is 5.32 Å². The zero-order valence-electron chi connectivity index (χ0n) is 10.4. The Hall–Kier alpha value is -1.75. The van der Waals surface area contributed by atoms with Gasteiger partial charge in [-0.15, -0.1) is 5.10 Å². The lowest BCUT2D eigenvalue weighted by Gasteiger charge is -2.17. The number of rotatable bonds is 6. The van der Waals surface area contributed by atoms with E-state index < -0.39 is 0 Å². The van der Waals surface area contributed by atoms with Crippen LogP contribution in [-0.2, 0) is 6.54 Å². The molecule has 0 radical (unpaired) electrons. The van der Waals surface area contributed by atoms with Gasteiger partial charge in [-0.1, -0.05) is 24.3 Å². The molecule has 2 aromatic rings. The van der Waals surface area contributed by atoms with Gasteiger partial charge in [0, 0.05) is 18.8 Å². The molecule has 0 fully saturated rings. The van der Waals surface area contributed by atoms with Crippen molar-refractivity contribution in [1.29, 1.82) is 0 Å². The molecule has 0 aliphatic heterocycles. The zero-order chi connectivity index (χ0) is 12.8. The van der Waals surface area contributed by atoms with Crippen molar-refractivity contribution in [2.75, 3.05) is 6.54 Å². The number of aromatic nitrogens is 3. The van der Waals surface area contributed by atoms with Crippen molar-refractivity contribution < 1.29 is 4.39 Å². The minimum atomic E-state index is -0.198. The Labute approximate surface area is 106 Å². The second-order valence-electron chi connectivity index (χ2n) is 4.13. The summed E-state index contributed by atoms with van der Waals surface area (Å²) >= 11 is 0. The molecule has 0 saturated heterocycles. The first-order valence-corrected chi connectivity index (χ1v) is 6.12. The molecule has 0 aliphatic carbocycles. The molecule has 4 nitrogen and oxygen atoms in total. The van der Waals surface area contributed by atoms with Crippen LogP contribution in [0, 0.1) is 5.82 Å². The van der Waals surface area contributed by atoms with E-state index in [1.54, 1.807) is 10.9 Å². The topological polar surface area (TPSA) is 42.7 Å². The highest BCUT2D eigenvalue weighted by atomic mass is 19.1. The van der Waals surface area contributed by atoms with Gasteiger partial charge in [0.2, 0.25) is 0 Å². The Morgan fingerprint density at radius 1 is 1.33 bits per heavy atom.